The van der Waals surface area contributed by atoms with Gasteiger partial charge in [-0.2, -0.15) is 0 Å². The van der Waals surface area contributed by atoms with E-state index in [0.717, 1.165) is 11.3 Å². The van der Waals surface area contributed by atoms with Crippen molar-refractivity contribution in [1.29, 1.82) is 0 Å². The molecule has 0 saturated carbocycles. The average molecular weight is 450 g/mol. The second kappa shape index (κ2) is 8.82. The summed E-state index contributed by atoms with van der Waals surface area (Å²) in [5, 5.41) is 2.67. The van der Waals surface area contributed by atoms with Gasteiger partial charge in [0.25, 0.3) is 0 Å². The lowest BCUT2D eigenvalue weighted by atomic mass is 10.2. The van der Waals surface area contributed by atoms with E-state index in [4.69, 9.17) is 33.7 Å². The summed E-state index contributed by atoms with van der Waals surface area (Å²) >= 11 is 13.2. The maximum atomic E-state index is 12.3. The van der Waals surface area contributed by atoms with Gasteiger partial charge in [0, 0.05) is 17.3 Å². The number of hydrogen-bond donors (Lipinski definition) is 1. The zero-order valence-corrected chi connectivity index (χ0v) is 17.9. The molecule has 0 saturated heterocycles. The Morgan fingerprint density at radius 3 is 2.69 bits per heavy atom. The average Bonchev–Trinajstić information content (AvgIpc) is 3.11. The molecule has 2 aromatic carbocycles. The van der Waals surface area contributed by atoms with E-state index in [-0.39, 0.29) is 33.8 Å². The van der Waals surface area contributed by atoms with Crippen LogP contribution >= 0.6 is 34.5 Å². The van der Waals surface area contributed by atoms with E-state index in [1.165, 1.54) is 35.3 Å². The Morgan fingerprint density at radius 2 is 2.00 bits per heavy atom. The van der Waals surface area contributed by atoms with Gasteiger partial charge in [0.1, 0.15) is 6.61 Å². The number of halogens is 2. The Bertz CT molecular complexity index is 1080. The number of esters is 1. The molecule has 2 N–H and O–H groups in total. The summed E-state index contributed by atoms with van der Waals surface area (Å²) in [6.07, 6.45) is 0. The van der Waals surface area contributed by atoms with Gasteiger partial charge in [0.05, 0.1) is 27.7 Å². The van der Waals surface area contributed by atoms with Crippen LogP contribution in [0.4, 0.5) is 16.5 Å². The number of ether oxygens (including phenoxy) is 1. The number of nitrogens with zero attached hydrogens (tertiary/aromatic N) is 2. The molecule has 1 amide bonds. The van der Waals surface area contributed by atoms with Crippen molar-refractivity contribution in [1.82, 2.24) is 4.98 Å². The molecule has 0 bridgehead atoms. The van der Waals surface area contributed by atoms with Crippen LogP contribution < -0.4 is 10.6 Å². The molecule has 3 aromatic rings. The van der Waals surface area contributed by atoms with Crippen molar-refractivity contribution >= 4 is 62.9 Å². The van der Waals surface area contributed by atoms with Crippen molar-refractivity contribution in [2.45, 2.75) is 20.5 Å². The molecule has 9 heteroatoms. The molecule has 0 aliphatic rings. The summed E-state index contributed by atoms with van der Waals surface area (Å²) in [6, 6.07) is 10.4. The summed E-state index contributed by atoms with van der Waals surface area (Å²) in [5.41, 5.74) is 8.26. The summed E-state index contributed by atoms with van der Waals surface area (Å²) in [4.78, 5) is 30.5. The molecule has 6 nitrogen and oxygen atoms in total. The molecular formula is C20H17Cl2N3O3S. The molecule has 0 spiro atoms. The minimum atomic E-state index is -0.663. The minimum Gasteiger partial charge on any atom is -0.455 e. The van der Waals surface area contributed by atoms with Gasteiger partial charge in [-0.3, -0.25) is 9.69 Å². The monoisotopic (exact) mass is 449 g/mol. The lowest BCUT2D eigenvalue weighted by molar-refractivity contribution is -0.115. The lowest BCUT2D eigenvalue weighted by Crippen LogP contribution is -2.22. The highest BCUT2D eigenvalue weighted by Gasteiger charge is 2.19. The van der Waals surface area contributed by atoms with Gasteiger partial charge in [-0.1, -0.05) is 35.3 Å². The zero-order chi connectivity index (χ0) is 21.1. The first kappa shape index (κ1) is 21.1. The van der Waals surface area contributed by atoms with Crippen molar-refractivity contribution in [2.24, 2.45) is 0 Å². The van der Waals surface area contributed by atoms with Crippen LogP contribution in [0.15, 0.2) is 41.8 Å². The molecule has 0 aliphatic heterocycles. The summed E-state index contributed by atoms with van der Waals surface area (Å²) in [6.45, 7) is 3.33. The molecule has 1 aromatic heterocycles. The minimum absolute atomic E-state index is 0.0849. The maximum absolute atomic E-state index is 12.3. The van der Waals surface area contributed by atoms with Crippen molar-refractivity contribution in [2.75, 3.05) is 10.6 Å². The maximum Gasteiger partial charge on any atom is 0.340 e. The third-order valence-corrected chi connectivity index (χ3v) is 5.38. The van der Waals surface area contributed by atoms with E-state index in [0.29, 0.717) is 10.8 Å². The highest BCUT2D eigenvalue weighted by Crippen LogP contribution is 2.31. The zero-order valence-electron chi connectivity index (χ0n) is 15.6. The van der Waals surface area contributed by atoms with E-state index < -0.39 is 5.97 Å². The number of amides is 1. The Morgan fingerprint density at radius 1 is 1.24 bits per heavy atom. The third kappa shape index (κ3) is 4.87. The summed E-state index contributed by atoms with van der Waals surface area (Å²) in [5.74, 6) is -0.835. The molecule has 0 aliphatic carbocycles. The highest BCUT2D eigenvalue weighted by atomic mass is 35.5. The number of benzene rings is 2. The molecule has 3 rings (SSSR count). The molecular weight excluding hydrogens is 433 g/mol. The first-order valence-electron chi connectivity index (χ1n) is 8.49. The van der Waals surface area contributed by atoms with E-state index in [9.17, 15) is 9.59 Å². The second-order valence-corrected chi connectivity index (χ2v) is 7.92. The Kier molecular flexibility index (Phi) is 6.42. The summed E-state index contributed by atoms with van der Waals surface area (Å²) < 4.78 is 5.29. The number of rotatable bonds is 5. The van der Waals surface area contributed by atoms with Gasteiger partial charge in [-0.15, -0.1) is 11.3 Å². The van der Waals surface area contributed by atoms with Crippen LogP contribution in [-0.2, 0) is 16.1 Å². The van der Waals surface area contributed by atoms with Crippen LogP contribution in [0.5, 0.6) is 0 Å². The molecule has 1 heterocycles. The number of nitrogen functional groups attached to an aromatic ring is 1. The topological polar surface area (TPSA) is 85.5 Å². The number of nitrogens with two attached hydrogens (primary N) is 1. The largest absolute Gasteiger partial charge is 0.455 e. The fourth-order valence-electron chi connectivity index (χ4n) is 2.63. The van der Waals surface area contributed by atoms with Gasteiger partial charge < -0.3 is 10.5 Å². The fourth-order valence-corrected chi connectivity index (χ4v) is 4.00. The number of carbonyl (C=O) groups excluding carboxylic acids is 2. The van der Waals surface area contributed by atoms with E-state index in [1.807, 2.05) is 31.2 Å². The van der Waals surface area contributed by atoms with Crippen molar-refractivity contribution in [3.63, 3.8) is 0 Å². The van der Waals surface area contributed by atoms with Crippen LogP contribution in [-0.4, -0.2) is 16.9 Å². The smallest absolute Gasteiger partial charge is 0.340 e. The van der Waals surface area contributed by atoms with Crippen molar-refractivity contribution < 1.29 is 14.3 Å². The molecule has 0 radical (unpaired) electrons. The number of anilines is 3. The van der Waals surface area contributed by atoms with Crippen molar-refractivity contribution in [3.05, 3.63) is 68.6 Å². The lowest BCUT2D eigenvalue weighted by Gasteiger charge is -2.18. The molecule has 150 valence electrons. The number of thiazole rings is 1. The SMILES string of the molecule is CC(=O)N(c1cccc(C)c1)c1nc(COC(=O)c2cc(Cl)cc(Cl)c2N)cs1. The van der Waals surface area contributed by atoms with Gasteiger partial charge >= 0.3 is 5.97 Å². The van der Waals surface area contributed by atoms with E-state index >= 15 is 0 Å². The van der Waals surface area contributed by atoms with Gasteiger partial charge in [0.15, 0.2) is 5.13 Å². The molecule has 0 fully saturated rings. The molecule has 0 unspecified atom stereocenters. The Labute approximate surface area is 181 Å². The molecule has 29 heavy (non-hydrogen) atoms. The first-order chi connectivity index (χ1) is 13.8. The van der Waals surface area contributed by atoms with Gasteiger partial charge in [-0.25, -0.2) is 9.78 Å². The molecule has 0 atom stereocenters. The standard InChI is InChI=1S/C20H17Cl2N3O3S/c1-11-4-3-5-15(6-11)25(12(2)26)20-24-14(10-29-20)9-28-19(27)16-7-13(21)8-17(22)18(16)23/h3-8,10H,9,23H2,1-2H3. The van der Waals surface area contributed by atoms with Gasteiger partial charge in [-0.05, 0) is 36.8 Å². The Hall–Kier alpha value is -2.61. The van der Waals surface area contributed by atoms with Gasteiger partial charge in [0.2, 0.25) is 5.91 Å². The second-order valence-electron chi connectivity index (χ2n) is 6.24. The fraction of sp³-hybridized carbons (Fsp3) is 0.150. The Balaban J connectivity index is 1.76. The predicted molar refractivity (Wildman–Crippen MR) is 116 cm³/mol. The first-order valence-corrected chi connectivity index (χ1v) is 10.1. The number of hydrogen-bond acceptors (Lipinski definition) is 6. The van der Waals surface area contributed by atoms with Crippen molar-refractivity contribution in [3.8, 4) is 0 Å². The van der Waals surface area contributed by atoms with E-state index in [2.05, 4.69) is 4.98 Å². The van der Waals surface area contributed by atoms with Crippen LogP contribution in [0, 0.1) is 6.92 Å². The predicted octanol–water partition coefficient (Wildman–Crippen LogP) is 5.38. The highest BCUT2D eigenvalue weighted by molar-refractivity contribution is 7.14. The van der Waals surface area contributed by atoms with Crippen LogP contribution in [0.1, 0.15) is 28.5 Å². The number of aryl methyl sites for hydroxylation is 1. The quantitative estimate of drug-likeness (QED) is 0.417. The van der Waals surface area contributed by atoms with Crippen LogP contribution in [0.2, 0.25) is 10.0 Å². The van der Waals surface area contributed by atoms with Crippen LogP contribution in [0.3, 0.4) is 0 Å². The number of carbonyl (C=O) groups is 2. The third-order valence-electron chi connectivity index (χ3n) is 3.97. The van der Waals surface area contributed by atoms with Crippen LogP contribution in [0.25, 0.3) is 0 Å². The summed E-state index contributed by atoms with van der Waals surface area (Å²) in [7, 11) is 0. The normalized spacial score (nSPS) is 10.6. The van der Waals surface area contributed by atoms with E-state index in [1.54, 1.807) is 5.38 Å². The number of aromatic nitrogens is 1.